The molecular weight excluding hydrogens is 258 g/mol. The van der Waals surface area contributed by atoms with E-state index in [9.17, 15) is 4.79 Å². The number of benzene rings is 1. The predicted octanol–water partition coefficient (Wildman–Crippen LogP) is 2.15. The zero-order valence-corrected chi connectivity index (χ0v) is 12.0. The Morgan fingerprint density at radius 1 is 1.25 bits per heavy atom. The van der Waals surface area contributed by atoms with Gasteiger partial charge in [-0.3, -0.25) is 4.79 Å². The van der Waals surface area contributed by atoms with Crippen LogP contribution < -0.4 is 15.2 Å². The number of carboxylic acid groups (broad SMARTS) is 1. The van der Waals surface area contributed by atoms with Crippen LogP contribution in [0.25, 0.3) is 0 Å². The van der Waals surface area contributed by atoms with Gasteiger partial charge in [0.25, 0.3) is 0 Å². The summed E-state index contributed by atoms with van der Waals surface area (Å²) in [6.45, 7) is 2.78. The van der Waals surface area contributed by atoms with Gasteiger partial charge in [0.05, 0.1) is 19.6 Å². The van der Waals surface area contributed by atoms with E-state index in [1.807, 2.05) is 31.2 Å². The Labute approximate surface area is 119 Å². The first-order valence-electron chi connectivity index (χ1n) is 6.76. The molecule has 0 aliphatic rings. The molecule has 1 aromatic rings. The number of nitrogens with two attached hydrogens (primary N) is 1. The van der Waals surface area contributed by atoms with E-state index in [0.29, 0.717) is 13.0 Å². The molecule has 0 spiro atoms. The third-order valence-electron chi connectivity index (χ3n) is 3.24. The number of aliphatic carboxylic acids is 1. The van der Waals surface area contributed by atoms with E-state index in [4.69, 9.17) is 20.3 Å². The van der Waals surface area contributed by atoms with Crippen molar-refractivity contribution in [1.29, 1.82) is 0 Å². The molecule has 1 aromatic carbocycles. The molecule has 0 amide bonds. The molecule has 0 saturated heterocycles. The van der Waals surface area contributed by atoms with Crippen LogP contribution in [0.5, 0.6) is 11.5 Å². The van der Waals surface area contributed by atoms with E-state index in [0.717, 1.165) is 17.9 Å². The van der Waals surface area contributed by atoms with E-state index in [-0.39, 0.29) is 12.5 Å². The van der Waals surface area contributed by atoms with Gasteiger partial charge in [-0.1, -0.05) is 6.92 Å². The monoisotopic (exact) mass is 281 g/mol. The number of rotatable bonds is 9. The summed E-state index contributed by atoms with van der Waals surface area (Å²) < 4.78 is 10.7. The fourth-order valence-electron chi connectivity index (χ4n) is 1.82. The zero-order valence-electron chi connectivity index (χ0n) is 12.0. The highest BCUT2D eigenvalue weighted by Gasteiger charge is 2.16. The maximum absolute atomic E-state index is 10.9. The van der Waals surface area contributed by atoms with Crippen molar-refractivity contribution in [2.45, 2.75) is 19.8 Å². The average molecular weight is 281 g/mol. The molecule has 1 rings (SSSR count). The topological polar surface area (TPSA) is 81.8 Å². The van der Waals surface area contributed by atoms with Gasteiger partial charge in [-0.05, 0) is 43.0 Å². The molecule has 0 radical (unpaired) electrons. The number of carboxylic acids is 1. The molecule has 2 atom stereocenters. The van der Waals surface area contributed by atoms with Crippen LogP contribution in [0.1, 0.15) is 19.8 Å². The standard InChI is InChI=1S/C15H23NO4/c1-11(3-4-12(9-16)15(17)18)10-20-14-7-5-13(19-2)6-8-14/h5-8,11-12H,3-4,9-10,16H2,1-2H3,(H,17,18). The molecule has 20 heavy (non-hydrogen) atoms. The minimum Gasteiger partial charge on any atom is -0.497 e. The van der Waals surface area contributed by atoms with Crippen LogP contribution in [0.2, 0.25) is 0 Å². The Balaban J connectivity index is 2.31. The maximum atomic E-state index is 10.9. The first-order chi connectivity index (χ1) is 9.56. The molecule has 5 heteroatoms. The second-order valence-corrected chi connectivity index (χ2v) is 4.94. The molecule has 0 fully saturated rings. The number of ether oxygens (including phenoxy) is 2. The molecule has 112 valence electrons. The van der Waals surface area contributed by atoms with Crippen LogP contribution in [0.15, 0.2) is 24.3 Å². The molecule has 3 N–H and O–H groups in total. The number of methoxy groups -OCH3 is 1. The highest BCUT2D eigenvalue weighted by Crippen LogP contribution is 2.19. The summed E-state index contributed by atoms with van der Waals surface area (Å²) in [5.41, 5.74) is 5.43. The lowest BCUT2D eigenvalue weighted by Gasteiger charge is -2.15. The van der Waals surface area contributed by atoms with E-state index in [1.54, 1.807) is 7.11 Å². The second-order valence-electron chi connectivity index (χ2n) is 4.94. The first kappa shape index (κ1) is 16.3. The van der Waals surface area contributed by atoms with Crippen LogP contribution in [-0.2, 0) is 4.79 Å². The molecule has 0 heterocycles. The van der Waals surface area contributed by atoms with Gasteiger partial charge in [0, 0.05) is 6.54 Å². The van der Waals surface area contributed by atoms with E-state index < -0.39 is 11.9 Å². The van der Waals surface area contributed by atoms with E-state index in [2.05, 4.69) is 0 Å². The normalized spacial score (nSPS) is 13.6. The fraction of sp³-hybridized carbons (Fsp3) is 0.533. The molecule has 0 aromatic heterocycles. The van der Waals surface area contributed by atoms with Crippen molar-refractivity contribution in [3.63, 3.8) is 0 Å². The summed E-state index contributed by atoms with van der Waals surface area (Å²) in [6.07, 6.45) is 1.36. The van der Waals surface area contributed by atoms with Crippen molar-refractivity contribution in [3.05, 3.63) is 24.3 Å². The van der Waals surface area contributed by atoms with Crippen molar-refractivity contribution >= 4 is 5.97 Å². The molecule has 0 aliphatic carbocycles. The van der Waals surface area contributed by atoms with Gasteiger partial charge in [-0.15, -0.1) is 0 Å². The first-order valence-corrected chi connectivity index (χ1v) is 6.76. The van der Waals surface area contributed by atoms with Gasteiger partial charge in [-0.25, -0.2) is 0 Å². The summed E-state index contributed by atoms with van der Waals surface area (Å²) in [5.74, 6) is 0.573. The van der Waals surface area contributed by atoms with Crippen molar-refractivity contribution < 1.29 is 19.4 Å². The fourth-order valence-corrected chi connectivity index (χ4v) is 1.82. The molecule has 0 aliphatic heterocycles. The van der Waals surface area contributed by atoms with Gasteiger partial charge >= 0.3 is 5.97 Å². The summed E-state index contributed by atoms with van der Waals surface area (Å²) >= 11 is 0. The highest BCUT2D eigenvalue weighted by atomic mass is 16.5. The van der Waals surface area contributed by atoms with Crippen LogP contribution >= 0.6 is 0 Å². The van der Waals surface area contributed by atoms with Crippen molar-refractivity contribution in [2.24, 2.45) is 17.6 Å². The average Bonchev–Trinajstić information content (AvgIpc) is 2.46. The minimum atomic E-state index is -0.823. The summed E-state index contributed by atoms with van der Waals surface area (Å²) in [7, 11) is 1.62. The highest BCUT2D eigenvalue weighted by molar-refractivity contribution is 5.70. The van der Waals surface area contributed by atoms with Crippen LogP contribution in [0, 0.1) is 11.8 Å². The Bertz CT molecular complexity index is 405. The third kappa shape index (κ3) is 5.48. The molecule has 0 bridgehead atoms. The van der Waals surface area contributed by atoms with Crippen molar-refractivity contribution in [1.82, 2.24) is 0 Å². The lowest BCUT2D eigenvalue weighted by Crippen LogP contribution is -2.24. The number of carbonyl (C=O) groups is 1. The zero-order chi connectivity index (χ0) is 15.0. The predicted molar refractivity (Wildman–Crippen MR) is 77.1 cm³/mol. The maximum Gasteiger partial charge on any atom is 0.307 e. The lowest BCUT2D eigenvalue weighted by atomic mass is 9.97. The van der Waals surface area contributed by atoms with Gasteiger partial charge in [0.1, 0.15) is 11.5 Å². The lowest BCUT2D eigenvalue weighted by molar-refractivity contribution is -0.141. The van der Waals surface area contributed by atoms with Gasteiger partial charge in [0.2, 0.25) is 0 Å². The number of hydrogen-bond acceptors (Lipinski definition) is 4. The minimum absolute atomic E-state index is 0.182. The molecule has 2 unspecified atom stereocenters. The molecular formula is C15H23NO4. The Hall–Kier alpha value is -1.75. The number of hydrogen-bond donors (Lipinski definition) is 2. The Morgan fingerprint density at radius 3 is 2.35 bits per heavy atom. The summed E-state index contributed by atoms with van der Waals surface area (Å²) in [4.78, 5) is 10.9. The van der Waals surface area contributed by atoms with Crippen LogP contribution in [-0.4, -0.2) is 31.3 Å². The third-order valence-corrected chi connectivity index (χ3v) is 3.24. The van der Waals surface area contributed by atoms with Crippen molar-refractivity contribution in [2.75, 3.05) is 20.3 Å². The summed E-state index contributed by atoms with van der Waals surface area (Å²) in [6, 6.07) is 7.39. The largest absolute Gasteiger partial charge is 0.497 e. The van der Waals surface area contributed by atoms with Crippen LogP contribution in [0.3, 0.4) is 0 Å². The molecule has 5 nitrogen and oxygen atoms in total. The van der Waals surface area contributed by atoms with E-state index >= 15 is 0 Å². The quantitative estimate of drug-likeness (QED) is 0.724. The SMILES string of the molecule is COc1ccc(OCC(C)CCC(CN)C(=O)O)cc1. The summed E-state index contributed by atoms with van der Waals surface area (Å²) in [5, 5.41) is 8.92. The van der Waals surface area contributed by atoms with Crippen molar-refractivity contribution in [3.8, 4) is 11.5 Å². The Morgan fingerprint density at radius 2 is 1.85 bits per heavy atom. The Kier molecular flexibility index (Phi) is 6.87. The van der Waals surface area contributed by atoms with Gasteiger partial charge in [0.15, 0.2) is 0 Å². The van der Waals surface area contributed by atoms with Gasteiger partial charge < -0.3 is 20.3 Å². The van der Waals surface area contributed by atoms with E-state index in [1.165, 1.54) is 0 Å². The van der Waals surface area contributed by atoms with Crippen LogP contribution in [0.4, 0.5) is 0 Å². The second kappa shape index (κ2) is 8.43. The van der Waals surface area contributed by atoms with Gasteiger partial charge in [-0.2, -0.15) is 0 Å². The molecule has 0 saturated carbocycles. The smallest absolute Gasteiger partial charge is 0.307 e.